The van der Waals surface area contributed by atoms with Crippen molar-refractivity contribution in [1.82, 2.24) is 0 Å². The SMILES string of the molecule is N/C=C\C=NCC1CC1(F)F. The van der Waals surface area contributed by atoms with E-state index >= 15 is 0 Å². The van der Waals surface area contributed by atoms with Crippen molar-refractivity contribution < 1.29 is 8.78 Å². The Labute approximate surface area is 63.8 Å². The van der Waals surface area contributed by atoms with E-state index in [9.17, 15) is 8.78 Å². The molecule has 0 saturated heterocycles. The van der Waals surface area contributed by atoms with E-state index in [-0.39, 0.29) is 13.0 Å². The largest absolute Gasteiger partial charge is 0.405 e. The smallest absolute Gasteiger partial charge is 0.253 e. The molecule has 0 aliphatic heterocycles. The van der Waals surface area contributed by atoms with Gasteiger partial charge in [-0.15, -0.1) is 0 Å². The Morgan fingerprint density at radius 2 is 2.27 bits per heavy atom. The van der Waals surface area contributed by atoms with Crippen molar-refractivity contribution in [1.29, 1.82) is 0 Å². The van der Waals surface area contributed by atoms with Gasteiger partial charge in [0, 0.05) is 25.1 Å². The lowest BCUT2D eigenvalue weighted by molar-refractivity contribution is 0.101. The highest BCUT2D eigenvalue weighted by atomic mass is 19.3. The van der Waals surface area contributed by atoms with E-state index in [1.807, 2.05) is 0 Å². The van der Waals surface area contributed by atoms with Crippen molar-refractivity contribution in [3.05, 3.63) is 12.3 Å². The molecule has 1 atom stereocenters. The highest BCUT2D eigenvalue weighted by Gasteiger charge is 2.56. The van der Waals surface area contributed by atoms with Gasteiger partial charge in [-0.25, -0.2) is 8.78 Å². The molecule has 1 aliphatic carbocycles. The maximum atomic E-state index is 12.2. The fourth-order valence-electron chi connectivity index (χ4n) is 0.766. The fraction of sp³-hybridized carbons (Fsp3) is 0.571. The molecule has 11 heavy (non-hydrogen) atoms. The third-order valence-electron chi connectivity index (χ3n) is 1.58. The predicted molar refractivity (Wildman–Crippen MR) is 39.7 cm³/mol. The first-order chi connectivity index (χ1) is 5.17. The molecule has 0 heterocycles. The van der Waals surface area contributed by atoms with Crippen LogP contribution in [-0.2, 0) is 0 Å². The van der Waals surface area contributed by atoms with Crippen LogP contribution in [0, 0.1) is 5.92 Å². The number of hydrogen-bond donors (Lipinski definition) is 1. The summed E-state index contributed by atoms with van der Waals surface area (Å²) >= 11 is 0. The minimum Gasteiger partial charge on any atom is -0.405 e. The zero-order valence-corrected chi connectivity index (χ0v) is 6.00. The second-order valence-corrected chi connectivity index (χ2v) is 2.56. The summed E-state index contributed by atoms with van der Waals surface area (Å²) in [4.78, 5) is 3.75. The predicted octanol–water partition coefficient (Wildman–Crippen LogP) is 1.18. The van der Waals surface area contributed by atoms with Crippen molar-refractivity contribution in [3.8, 4) is 0 Å². The first-order valence-corrected chi connectivity index (χ1v) is 3.41. The third kappa shape index (κ3) is 2.29. The van der Waals surface area contributed by atoms with Gasteiger partial charge in [-0.3, -0.25) is 4.99 Å². The monoisotopic (exact) mass is 160 g/mol. The molecule has 0 aromatic heterocycles. The molecule has 2 N–H and O–H groups in total. The standard InChI is InChI=1S/C7H10F2N2/c8-7(9)4-6(7)5-11-3-1-2-10/h1-3,6H,4-5,10H2/b2-1-,11-3?. The molecule has 0 radical (unpaired) electrons. The second-order valence-electron chi connectivity index (χ2n) is 2.56. The van der Waals surface area contributed by atoms with Crippen LogP contribution in [0.4, 0.5) is 8.78 Å². The Bertz CT molecular complexity index is 187. The normalized spacial score (nSPS) is 28.4. The summed E-state index contributed by atoms with van der Waals surface area (Å²) in [5.74, 6) is -2.99. The minimum atomic E-state index is -2.45. The molecule has 0 amide bonds. The van der Waals surface area contributed by atoms with Crippen LogP contribution in [0.25, 0.3) is 0 Å². The minimum absolute atomic E-state index is 0.0172. The molecule has 0 spiro atoms. The number of aliphatic imine (C=N–C) groups is 1. The van der Waals surface area contributed by atoms with E-state index in [2.05, 4.69) is 4.99 Å². The zero-order valence-electron chi connectivity index (χ0n) is 6.00. The molecular formula is C7H10F2N2. The second kappa shape index (κ2) is 2.98. The van der Waals surface area contributed by atoms with E-state index < -0.39 is 11.8 Å². The first kappa shape index (κ1) is 8.17. The van der Waals surface area contributed by atoms with E-state index in [4.69, 9.17) is 5.73 Å². The Morgan fingerprint density at radius 3 is 2.73 bits per heavy atom. The molecule has 1 saturated carbocycles. The Morgan fingerprint density at radius 1 is 1.64 bits per heavy atom. The average molecular weight is 160 g/mol. The number of rotatable bonds is 3. The van der Waals surface area contributed by atoms with Gasteiger partial charge in [0.15, 0.2) is 0 Å². The van der Waals surface area contributed by atoms with Crippen molar-refractivity contribution in [2.75, 3.05) is 6.54 Å². The highest BCUT2D eigenvalue weighted by Crippen LogP contribution is 2.48. The molecule has 0 aromatic carbocycles. The van der Waals surface area contributed by atoms with Gasteiger partial charge in [-0.05, 0) is 12.3 Å². The lowest BCUT2D eigenvalue weighted by Crippen LogP contribution is -1.96. The van der Waals surface area contributed by atoms with E-state index in [0.29, 0.717) is 0 Å². The van der Waals surface area contributed by atoms with Gasteiger partial charge in [0.05, 0.1) is 0 Å². The highest BCUT2D eigenvalue weighted by molar-refractivity contribution is 5.70. The van der Waals surface area contributed by atoms with Crippen LogP contribution in [0.1, 0.15) is 6.42 Å². The van der Waals surface area contributed by atoms with Gasteiger partial charge < -0.3 is 5.73 Å². The van der Waals surface area contributed by atoms with Gasteiger partial charge in [-0.1, -0.05) is 0 Å². The maximum Gasteiger partial charge on any atom is 0.253 e. The van der Waals surface area contributed by atoms with Crippen LogP contribution in [0.5, 0.6) is 0 Å². The molecule has 62 valence electrons. The molecular weight excluding hydrogens is 150 g/mol. The van der Waals surface area contributed by atoms with Crippen molar-refractivity contribution >= 4 is 6.21 Å². The molecule has 1 aliphatic rings. The number of allylic oxidation sites excluding steroid dienone is 1. The average Bonchev–Trinajstić information content (AvgIpc) is 2.52. The van der Waals surface area contributed by atoms with Gasteiger partial charge in [-0.2, -0.15) is 0 Å². The number of alkyl halides is 2. The van der Waals surface area contributed by atoms with Crippen LogP contribution < -0.4 is 5.73 Å². The Hall–Kier alpha value is -0.930. The van der Waals surface area contributed by atoms with Crippen molar-refractivity contribution in [2.45, 2.75) is 12.3 Å². The van der Waals surface area contributed by atoms with E-state index in [1.165, 1.54) is 18.5 Å². The summed E-state index contributed by atoms with van der Waals surface area (Å²) in [6.45, 7) is 0.206. The summed E-state index contributed by atoms with van der Waals surface area (Å²) in [5, 5.41) is 0. The van der Waals surface area contributed by atoms with E-state index in [1.54, 1.807) is 0 Å². The quantitative estimate of drug-likeness (QED) is 0.618. The fourth-order valence-corrected chi connectivity index (χ4v) is 0.766. The van der Waals surface area contributed by atoms with Crippen LogP contribution in [0.3, 0.4) is 0 Å². The summed E-state index contributed by atoms with van der Waals surface area (Å²) in [7, 11) is 0. The molecule has 1 rings (SSSR count). The van der Waals surface area contributed by atoms with Crippen molar-refractivity contribution in [2.24, 2.45) is 16.6 Å². The molecule has 0 bridgehead atoms. The van der Waals surface area contributed by atoms with Crippen LogP contribution >= 0.6 is 0 Å². The molecule has 1 fully saturated rings. The van der Waals surface area contributed by atoms with E-state index in [0.717, 1.165) is 0 Å². The Balaban J connectivity index is 2.15. The Kier molecular flexibility index (Phi) is 2.22. The summed E-state index contributed by atoms with van der Waals surface area (Å²) in [5.41, 5.74) is 4.99. The summed E-state index contributed by atoms with van der Waals surface area (Å²) in [6.07, 6.45) is 4.25. The van der Waals surface area contributed by atoms with Crippen LogP contribution in [0.15, 0.2) is 17.3 Å². The maximum absolute atomic E-state index is 12.2. The van der Waals surface area contributed by atoms with Gasteiger partial charge in [0.1, 0.15) is 0 Å². The number of nitrogens with zero attached hydrogens (tertiary/aromatic N) is 1. The number of hydrogen-bond acceptors (Lipinski definition) is 2. The number of halogens is 2. The lowest BCUT2D eigenvalue weighted by atomic mass is 10.4. The van der Waals surface area contributed by atoms with Gasteiger partial charge in [0.25, 0.3) is 5.92 Å². The molecule has 1 unspecified atom stereocenters. The summed E-state index contributed by atoms with van der Waals surface area (Å²) < 4.78 is 24.4. The first-order valence-electron chi connectivity index (χ1n) is 3.41. The number of nitrogens with two attached hydrogens (primary N) is 1. The molecule has 2 nitrogen and oxygen atoms in total. The third-order valence-corrected chi connectivity index (χ3v) is 1.58. The van der Waals surface area contributed by atoms with Crippen molar-refractivity contribution in [3.63, 3.8) is 0 Å². The van der Waals surface area contributed by atoms with Gasteiger partial charge >= 0.3 is 0 Å². The topological polar surface area (TPSA) is 38.4 Å². The zero-order chi connectivity index (χ0) is 8.32. The molecule has 4 heteroatoms. The van der Waals surface area contributed by atoms with Crippen LogP contribution in [-0.4, -0.2) is 18.7 Å². The van der Waals surface area contributed by atoms with Gasteiger partial charge in [0.2, 0.25) is 0 Å². The molecule has 0 aromatic rings. The lowest BCUT2D eigenvalue weighted by Gasteiger charge is -1.89. The van der Waals surface area contributed by atoms with Crippen LogP contribution in [0.2, 0.25) is 0 Å². The summed E-state index contributed by atoms with van der Waals surface area (Å²) in [6, 6.07) is 0.